The lowest BCUT2D eigenvalue weighted by molar-refractivity contribution is 0.213. The first kappa shape index (κ1) is 14.2. The van der Waals surface area contributed by atoms with Crippen LogP contribution in [0.5, 0.6) is 0 Å². The van der Waals surface area contributed by atoms with Crippen LogP contribution in [0.3, 0.4) is 0 Å². The summed E-state index contributed by atoms with van der Waals surface area (Å²) in [4.78, 5) is 4.92. The Morgan fingerprint density at radius 3 is 2.83 bits per heavy atom. The zero-order valence-electron chi connectivity index (χ0n) is 11.0. The molecule has 0 spiro atoms. The summed E-state index contributed by atoms with van der Waals surface area (Å²) in [5.41, 5.74) is 2.50. The summed E-state index contributed by atoms with van der Waals surface area (Å²) in [6, 6.07) is 7.05. The van der Waals surface area contributed by atoms with Crippen molar-refractivity contribution in [1.29, 1.82) is 0 Å². The number of piperazine rings is 1. The minimum Gasteiger partial charge on any atom is -0.368 e. The first-order valence-corrected chi connectivity index (χ1v) is 7.78. The predicted molar refractivity (Wildman–Crippen MR) is 82.6 cm³/mol. The van der Waals surface area contributed by atoms with Crippen molar-refractivity contribution in [2.24, 2.45) is 0 Å². The van der Waals surface area contributed by atoms with Crippen molar-refractivity contribution in [2.75, 3.05) is 31.6 Å². The number of halogens is 2. The molecule has 1 unspecified atom stereocenters. The van der Waals surface area contributed by atoms with Gasteiger partial charge < -0.3 is 4.90 Å². The molecule has 2 rings (SSSR count). The van der Waals surface area contributed by atoms with E-state index in [2.05, 4.69) is 57.9 Å². The van der Waals surface area contributed by atoms with Crippen LogP contribution < -0.4 is 4.90 Å². The molecule has 0 radical (unpaired) electrons. The molecule has 1 aliphatic heterocycles. The standard InChI is InChI=1S/C14H20BrClN2/c1-3-13-10-18(7-6-17(13)2)14-5-4-12(15)8-11(14)9-16/h4-5,8,13H,3,6-7,9-10H2,1-2H3. The fourth-order valence-corrected chi connectivity index (χ4v) is 3.20. The second kappa shape index (κ2) is 6.27. The molecule has 1 heterocycles. The molecule has 1 saturated heterocycles. The van der Waals surface area contributed by atoms with E-state index in [9.17, 15) is 0 Å². The molecular formula is C14H20BrClN2. The molecule has 2 nitrogen and oxygen atoms in total. The lowest BCUT2D eigenvalue weighted by atomic mass is 10.1. The van der Waals surface area contributed by atoms with Crippen LogP contribution in [0.2, 0.25) is 0 Å². The third-order valence-electron chi connectivity index (χ3n) is 3.77. The molecule has 0 aliphatic carbocycles. The van der Waals surface area contributed by atoms with Gasteiger partial charge in [0.05, 0.1) is 0 Å². The van der Waals surface area contributed by atoms with Crippen LogP contribution in [0.15, 0.2) is 22.7 Å². The van der Waals surface area contributed by atoms with Crippen molar-refractivity contribution in [3.8, 4) is 0 Å². The highest BCUT2D eigenvalue weighted by molar-refractivity contribution is 9.10. The molecular weight excluding hydrogens is 312 g/mol. The zero-order valence-corrected chi connectivity index (χ0v) is 13.3. The van der Waals surface area contributed by atoms with E-state index in [-0.39, 0.29) is 0 Å². The van der Waals surface area contributed by atoms with Gasteiger partial charge in [0.1, 0.15) is 0 Å². The molecule has 0 bridgehead atoms. The largest absolute Gasteiger partial charge is 0.368 e. The minimum atomic E-state index is 0.567. The lowest BCUT2D eigenvalue weighted by Gasteiger charge is -2.41. The molecule has 4 heteroatoms. The van der Waals surface area contributed by atoms with Gasteiger partial charge in [-0.05, 0) is 37.2 Å². The fraction of sp³-hybridized carbons (Fsp3) is 0.571. The third kappa shape index (κ3) is 3.01. The lowest BCUT2D eigenvalue weighted by Crippen LogP contribution is -2.51. The third-order valence-corrected chi connectivity index (χ3v) is 4.56. The highest BCUT2D eigenvalue weighted by Gasteiger charge is 2.24. The number of alkyl halides is 1. The van der Waals surface area contributed by atoms with Crippen LogP contribution in [-0.2, 0) is 5.88 Å². The van der Waals surface area contributed by atoms with Gasteiger partial charge in [0.2, 0.25) is 0 Å². The smallest absolute Gasteiger partial charge is 0.0494 e. The molecule has 0 saturated carbocycles. The Kier molecular flexibility index (Phi) is 4.93. The summed E-state index contributed by atoms with van der Waals surface area (Å²) >= 11 is 9.58. The first-order chi connectivity index (χ1) is 8.65. The maximum absolute atomic E-state index is 6.06. The molecule has 1 aliphatic rings. The zero-order chi connectivity index (χ0) is 13.1. The number of hydrogen-bond acceptors (Lipinski definition) is 2. The topological polar surface area (TPSA) is 6.48 Å². The van der Waals surface area contributed by atoms with Crippen molar-refractivity contribution in [2.45, 2.75) is 25.3 Å². The second-order valence-corrected chi connectivity index (χ2v) is 6.08. The number of likely N-dealkylation sites (N-methyl/N-ethyl adjacent to an activating group) is 1. The number of hydrogen-bond donors (Lipinski definition) is 0. The first-order valence-electron chi connectivity index (χ1n) is 6.45. The van der Waals surface area contributed by atoms with E-state index in [4.69, 9.17) is 11.6 Å². The molecule has 100 valence electrons. The van der Waals surface area contributed by atoms with Crippen molar-refractivity contribution in [3.63, 3.8) is 0 Å². The summed E-state index contributed by atoms with van der Waals surface area (Å²) in [6.07, 6.45) is 1.19. The maximum atomic E-state index is 6.06. The summed E-state index contributed by atoms with van der Waals surface area (Å²) < 4.78 is 1.10. The summed E-state index contributed by atoms with van der Waals surface area (Å²) in [7, 11) is 2.22. The van der Waals surface area contributed by atoms with E-state index in [0.29, 0.717) is 11.9 Å². The number of rotatable bonds is 3. The van der Waals surface area contributed by atoms with Gasteiger partial charge in [-0.25, -0.2) is 0 Å². The Hall–Kier alpha value is -0.250. The Labute approximate surface area is 123 Å². The van der Waals surface area contributed by atoms with Gasteiger partial charge in [-0.2, -0.15) is 0 Å². The molecule has 18 heavy (non-hydrogen) atoms. The molecule has 1 fully saturated rings. The van der Waals surface area contributed by atoms with Crippen molar-refractivity contribution in [3.05, 3.63) is 28.2 Å². The molecule has 1 aromatic carbocycles. The number of anilines is 1. The number of benzene rings is 1. The molecule has 1 atom stereocenters. The minimum absolute atomic E-state index is 0.567. The number of nitrogens with zero attached hydrogens (tertiary/aromatic N) is 2. The van der Waals surface area contributed by atoms with E-state index in [0.717, 1.165) is 24.1 Å². The highest BCUT2D eigenvalue weighted by atomic mass is 79.9. The van der Waals surface area contributed by atoms with Crippen LogP contribution in [0, 0.1) is 0 Å². The monoisotopic (exact) mass is 330 g/mol. The quantitative estimate of drug-likeness (QED) is 0.779. The molecule has 0 amide bonds. The Morgan fingerprint density at radius 2 is 2.17 bits per heavy atom. The van der Waals surface area contributed by atoms with Gasteiger partial charge in [0.25, 0.3) is 0 Å². The SMILES string of the molecule is CCC1CN(c2ccc(Br)cc2CCl)CCN1C. The van der Waals surface area contributed by atoms with Gasteiger partial charge >= 0.3 is 0 Å². The maximum Gasteiger partial charge on any atom is 0.0494 e. The molecule has 0 aromatic heterocycles. The van der Waals surface area contributed by atoms with Gasteiger partial charge in [0.15, 0.2) is 0 Å². The van der Waals surface area contributed by atoms with Gasteiger partial charge in [-0.15, -0.1) is 11.6 Å². The predicted octanol–water partition coefficient (Wildman–Crippen LogP) is 3.72. The van der Waals surface area contributed by atoms with Crippen LogP contribution in [0.25, 0.3) is 0 Å². The summed E-state index contributed by atoms with van der Waals surface area (Å²) in [5.74, 6) is 0.567. The van der Waals surface area contributed by atoms with Gasteiger partial charge in [-0.1, -0.05) is 22.9 Å². The van der Waals surface area contributed by atoms with E-state index >= 15 is 0 Å². The van der Waals surface area contributed by atoms with Crippen molar-refractivity contribution < 1.29 is 0 Å². The van der Waals surface area contributed by atoms with E-state index in [1.807, 2.05) is 0 Å². The van der Waals surface area contributed by atoms with Gasteiger partial charge in [-0.3, -0.25) is 4.90 Å². The average Bonchev–Trinajstić information content (AvgIpc) is 2.39. The van der Waals surface area contributed by atoms with Crippen molar-refractivity contribution in [1.82, 2.24) is 4.90 Å². The van der Waals surface area contributed by atoms with E-state index in [1.54, 1.807) is 0 Å². The fourth-order valence-electron chi connectivity index (χ4n) is 2.58. The Bertz CT molecular complexity index is 411. The molecule has 1 aromatic rings. The van der Waals surface area contributed by atoms with Gasteiger partial charge in [0, 0.05) is 41.7 Å². The highest BCUT2D eigenvalue weighted by Crippen LogP contribution is 2.28. The van der Waals surface area contributed by atoms with E-state index in [1.165, 1.54) is 17.7 Å². The van der Waals surface area contributed by atoms with E-state index < -0.39 is 0 Å². The van der Waals surface area contributed by atoms with Crippen LogP contribution in [-0.4, -0.2) is 37.6 Å². The second-order valence-electron chi connectivity index (χ2n) is 4.90. The van der Waals surface area contributed by atoms with Crippen LogP contribution >= 0.6 is 27.5 Å². The van der Waals surface area contributed by atoms with Crippen LogP contribution in [0.4, 0.5) is 5.69 Å². The average molecular weight is 332 g/mol. The molecule has 0 N–H and O–H groups in total. The summed E-state index contributed by atoms with van der Waals surface area (Å²) in [6.45, 7) is 5.56. The van der Waals surface area contributed by atoms with Crippen LogP contribution in [0.1, 0.15) is 18.9 Å². The summed E-state index contributed by atoms with van der Waals surface area (Å²) in [5, 5.41) is 0. The Balaban J connectivity index is 2.21. The normalized spacial score (nSPS) is 21.3. The van der Waals surface area contributed by atoms with Crippen molar-refractivity contribution >= 4 is 33.2 Å². The Morgan fingerprint density at radius 1 is 1.39 bits per heavy atom.